The summed E-state index contributed by atoms with van der Waals surface area (Å²) < 4.78 is 16.9. The minimum atomic E-state index is -0.447. The largest absolute Gasteiger partial charge is 0.490 e. The van der Waals surface area contributed by atoms with Crippen molar-refractivity contribution >= 4 is 24.1 Å². The number of fused-ring (bicyclic) bond motifs is 1. The van der Waals surface area contributed by atoms with Gasteiger partial charge in [0.05, 0.1) is 17.7 Å². The Kier molecular flexibility index (Phi) is 5.01. The van der Waals surface area contributed by atoms with Gasteiger partial charge in [0.25, 0.3) is 5.89 Å². The molecule has 25 heavy (non-hydrogen) atoms. The summed E-state index contributed by atoms with van der Waals surface area (Å²) in [6.45, 7) is 2.92. The average molecular weight is 364 g/mol. The number of para-hydroxylation sites is 1. The normalized spacial score (nSPS) is 17.9. The fourth-order valence-corrected chi connectivity index (χ4v) is 3.36. The molecule has 6 nitrogen and oxygen atoms in total. The lowest BCUT2D eigenvalue weighted by Gasteiger charge is -2.19. The van der Waals surface area contributed by atoms with Crippen molar-refractivity contribution in [3.8, 4) is 11.5 Å². The SMILES string of the molecule is CCOc1cccc2c1OCC(c1nc(C3(N)CCCC3)no1)=C2.Cl. The van der Waals surface area contributed by atoms with E-state index in [1.54, 1.807) is 0 Å². The van der Waals surface area contributed by atoms with Crippen LogP contribution in [0.15, 0.2) is 22.7 Å². The molecule has 1 fully saturated rings. The molecule has 2 heterocycles. The second kappa shape index (κ2) is 7.06. The molecule has 1 saturated carbocycles. The van der Waals surface area contributed by atoms with Gasteiger partial charge in [0.15, 0.2) is 17.3 Å². The van der Waals surface area contributed by atoms with Crippen molar-refractivity contribution in [2.45, 2.75) is 38.1 Å². The van der Waals surface area contributed by atoms with E-state index in [0.29, 0.717) is 24.9 Å². The monoisotopic (exact) mass is 363 g/mol. The molecule has 1 aliphatic heterocycles. The van der Waals surface area contributed by atoms with E-state index in [1.165, 1.54) is 0 Å². The molecule has 2 aliphatic rings. The molecule has 0 unspecified atom stereocenters. The third kappa shape index (κ3) is 3.24. The Morgan fingerprint density at radius 3 is 2.84 bits per heavy atom. The number of ether oxygens (including phenoxy) is 2. The molecule has 0 spiro atoms. The van der Waals surface area contributed by atoms with Gasteiger partial charge in [0.1, 0.15) is 6.61 Å². The third-order valence-electron chi connectivity index (χ3n) is 4.65. The second-order valence-electron chi connectivity index (χ2n) is 6.35. The maximum absolute atomic E-state index is 6.40. The van der Waals surface area contributed by atoms with Gasteiger partial charge in [-0.2, -0.15) is 4.98 Å². The molecule has 7 heteroatoms. The number of benzene rings is 1. The molecule has 0 amide bonds. The van der Waals surface area contributed by atoms with Crippen molar-refractivity contribution in [1.29, 1.82) is 0 Å². The van der Waals surface area contributed by atoms with Gasteiger partial charge in [-0.1, -0.05) is 30.1 Å². The smallest absolute Gasteiger partial charge is 0.257 e. The van der Waals surface area contributed by atoms with Crippen LogP contribution in [0.5, 0.6) is 11.5 Å². The Morgan fingerprint density at radius 2 is 2.08 bits per heavy atom. The number of hydrogen-bond donors (Lipinski definition) is 1. The van der Waals surface area contributed by atoms with E-state index >= 15 is 0 Å². The van der Waals surface area contributed by atoms with Gasteiger partial charge in [0.2, 0.25) is 0 Å². The van der Waals surface area contributed by atoms with E-state index in [0.717, 1.165) is 48.3 Å². The van der Waals surface area contributed by atoms with E-state index in [1.807, 2.05) is 31.2 Å². The summed E-state index contributed by atoms with van der Waals surface area (Å²) in [5.74, 6) is 2.59. The van der Waals surface area contributed by atoms with Gasteiger partial charge in [-0.05, 0) is 31.9 Å². The first-order valence-corrected chi connectivity index (χ1v) is 8.42. The first kappa shape index (κ1) is 17.8. The summed E-state index contributed by atoms with van der Waals surface area (Å²) in [5, 5.41) is 4.12. The van der Waals surface area contributed by atoms with E-state index in [9.17, 15) is 0 Å². The van der Waals surface area contributed by atoms with Crippen molar-refractivity contribution in [3.05, 3.63) is 35.5 Å². The highest BCUT2D eigenvalue weighted by Gasteiger charge is 2.36. The van der Waals surface area contributed by atoms with E-state index in [4.69, 9.17) is 19.7 Å². The van der Waals surface area contributed by atoms with Crippen molar-refractivity contribution in [1.82, 2.24) is 10.1 Å². The highest BCUT2D eigenvalue weighted by atomic mass is 35.5. The number of nitrogens with two attached hydrogens (primary N) is 1. The summed E-state index contributed by atoms with van der Waals surface area (Å²) in [6.07, 6.45) is 6.04. The summed E-state index contributed by atoms with van der Waals surface area (Å²) in [6, 6.07) is 5.83. The van der Waals surface area contributed by atoms with Crippen LogP contribution in [0.4, 0.5) is 0 Å². The topological polar surface area (TPSA) is 83.4 Å². The van der Waals surface area contributed by atoms with Crippen molar-refractivity contribution < 1.29 is 14.0 Å². The van der Waals surface area contributed by atoms with E-state index < -0.39 is 5.54 Å². The average Bonchev–Trinajstić information content (AvgIpc) is 3.25. The molecule has 2 aromatic rings. The Morgan fingerprint density at radius 1 is 1.28 bits per heavy atom. The van der Waals surface area contributed by atoms with Crippen LogP contribution in [0.3, 0.4) is 0 Å². The lowest BCUT2D eigenvalue weighted by Crippen LogP contribution is -2.34. The van der Waals surface area contributed by atoms with Crippen LogP contribution in [0.1, 0.15) is 49.9 Å². The Hall–Kier alpha value is -2.05. The van der Waals surface area contributed by atoms with E-state index in [2.05, 4.69) is 10.1 Å². The van der Waals surface area contributed by atoms with Gasteiger partial charge >= 0.3 is 0 Å². The summed E-state index contributed by atoms with van der Waals surface area (Å²) >= 11 is 0. The Bertz CT molecular complexity index is 782. The van der Waals surface area contributed by atoms with Gasteiger partial charge in [-0.15, -0.1) is 12.4 Å². The summed E-state index contributed by atoms with van der Waals surface area (Å²) in [4.78, 5) is 4.54. The maximum Gasteiger partial charge on any atom is 0.257 e. The lowest BCUT2D eigenvalue weighted by atomic mass is 9.98. The molecule has 0 saturated heterocycles. The highest BCUT2D eigenvalue weighted by molar-refractivity contribution is 5.85. The zero-order valence-electron chi connectivity index (χ0n) is 14.2. The molecule has 0 radical (unpaired) electrons. The maximum atomic E-state index is 6.40. The summed E-state index contributed by atoms with van der Waals surface area (Å²) in [7, 11) is 0. The predicted octanol–water partition coefficient (Wildman–Crippen LogP) is 3.55. The highest BCUT2D eigenvalue weighted by Crippen LogP contribution is 2.39. The Labute approximate surface area is 152 Å². The fraction of sp³-hybridized carbons (Fsp3) is 0.444. The first-order chi connectivity index (χ1) is 11.7. The summed E-state index contributed by atoms with van der Waals surface area (Å²) in [5.41, 5.74) is 7.76. The molecule has 1 aromatic carbocycles. The molecule has 134 valence electrons. The molecule has 4 rings (SSSR count). The van der Waals surface area contributed by atoms with Crippen LogP contribution in [0, 0.1) is 0 Å². The van der Waals surface area contributed by atoms with Crippen molar-refractivity contribution in [3.63, 3.8) is 0 Å². The van der Waals surface area contributed by atoms with Crippen LogP contribution < -0.4 is 15.2 Å². The number of halogens is 1. The molecular weight excluding hydrogens is 342 g/mol. The van der Waals surface area contributed by atoms with Crippen LogP contribution in [-0.2, 0) is 5.54 Å². The van der Waals surface area contributed by atoms with Crippen LogP contribution >= 0.6 is 12.4 Å². The van der Waals surface area contributed by atoms with Gasteiger partial charge in [-0.3, -0.25) is 0 Å². The van der Waals surface area contributed by atoms with E-state index in [-0.39, 0.29) is 12.4 Å². The molecule has 0 atom stereocenters. The number of aromatic nitrogens is 2. The minimum absolute atomic E-state index is 0. The van der Waals surface area contributed by atoms with Crippen molar-refractivity contribution in [2.24, 2.45) is 5.73 Å². The number of rotatable bonds is 4. The predicted molar refractivity (Wildman–Crippen MR) is 96.9 cm³/mol. The lowest BCUT2D eigenvalue weighted by molar-refractivity contribution is 0.294. The molecule has 1 aromatic heterocycles. The van der Waals surface area contributed by atoms with Gasteiger partial charge in [-0.25, -0.2) is 0 Å². The second-order valence-corrected chi connectivity index (χ2v) is 6.35. The fourth-order valence-electron chi connectivity index (χ4n) is 3.36. The van der Waals surface area contributed by atoms with Crippen LogP contribution in [0.2, 0.25) is 0 Å². The quantitative estimate of drug-likeness (QED) is 0.894. The van der Waals surface area contributed by atoms with Crippen molar-refractivity contribution in [2.75, 3.05) is 13.2 Å². The van der Waals surface area contributed by atoms with Crippen LogP contribution in [-0.4, -0.2) is 23.4 Å². The molecule has 2 N–H and O–H groups in total. The first-order valence-electron chi connectivity index (χ1n) is 8.42. The Balaban J connectivity index is 0.00000182. The van der Waals surface area contributed by atoms with Gasteiger partial charge in [0, 0.05) is 5.56 Å². The van der Waals surface area contributed by atoms with Gasteiger partial charge < -0.3 is 19.7 Å². The minimum Gasteiger partial charge on any atom is -0.490 e. The standard InChI is InChI=1S/C18H21N3O3.ClH/c1-2-22-14-7-5-6-12-10-13(11-23-15(12)14)16-20-17(21-24-16)18(19)8-3-4-9-18;/h5-7,10H,2-4,8-9,11,19H2,1H3;1H. The molecular formula is C18H22ClN3O3. The third-order valence-corrected chi connectivity index (χ3v) is 4.65. The van der Waals surface area contributed by atoms with Crippen LogP contribution in [0.25, 0.3) is 11.6 Å². The number of hydrogen-bond acceptors (Lipinski definition) is 6. The molecule has 0 bridgehead atoms. The molecule has 1 aliphatic carbocycles. The zero-order valence-corrected chi connectivity index (χ0v) is 15.0. The zero-order chi connectivity index (χ0) is 16.6. The number of nitrogens with zero attached hydrogens (tertiary/aromatic N) is 2.